The van der Waals surface area contributed by atoms with Crippen LogP contribution in [0.25, 0.3) is 0 Å². The van der Waals surface area contributed by atoms with Gasteiger partial charge in [-0.2, -0.15) is 0 Å². The molecule has 1 atom stereocenters. The molecule has 1 aromatic carbocycles. The van der Waals surface area contributed by atoms with Gasteiger partial charge < -0.3 is 5.11 Å². The first-order valence-corrected chi connectivity index (χ1v) is 5.56. The maximum atomic E-state index is 9.20. The summed E-state index contributed by atoms with van der Waals surface area (Å²) in [6.07, 6.45) is 5.55. The molecular weight excluding hydrogens is 172 g/mol. The van der Waals surface area contributed by atoms with Crippen LogP contribution >= 0.6 is 0 Å². The van der Waals surface area contributed by atoms with E-state index in [0.29, 0.717) is 11.7 Å². The van der Waals surface area contributed by atoms with E-state index in [1.807, 2.05) is 0 Å². The molecule has 0 amide bonds. The van der Waals surface area contributed by atoms with Crippen LogP contribution in [0.1, 0.15) is 44.1 Å². The van der Waals surface area contributed by atoms with Gasteiger partial charge in [-0.15, -0.1) is 0 Å². The summed E-state index contributed by atoms with van der Waals surface area (Å²) in [6.45, 7) is 2.31. The van der Waals surface area contributed by atoms with E-state index in [2.05, 4.69) is 19.1 Å². The fraction of sp³-hybridized carbons (Fsp3) is 0.538. The third-order valence-corrected chi connectivity index (χ3v) is 3.53. The van der Waals surface area contributed by atoms with E-state index in [9.17, 15) is 5.11 Å². The molecule has 1 nitrogen and oxygen atoms in total. The van der Waals surface area contributed by atoms with Gasteiger partial charge in [-0.3, -0.25) is 0 Å². The molecule has 2 rings (SSSR count). The molecule has 0 aliphatic heterocycles. The van der Waals surface area contributed by atoms with Crippen LogP contribution in [0.15, 0.2) is 24.3 Å². The van der Waals surface area contributed by atoms with Crippen molar-refractivity contribution in [2.45, 2.75) is 38.5 Å². The van der Waals surface area contributed by atoms with Crippen molar-refractivity contribution in [3.05, 3.63) is 29.8 Å². The van der Waals surface area contributed by atoms with Gasteiger partial charge in [0.25, 0.3) is 0 Å². The van der Waals surface area contributed by atoms with Crippen molar-refractivity contribution in [1.82, 2.24) is 0 Å². The zero-order valence-electron chi connectivity index (χ0n) is 8.74. The minimum absolute atomic E-state index is 0.368. The van der Waals surface area contributed by atoms with Crippen LogP contribution < -0.4 is 0 Å². The Kier molecular flexibility index (Phi) is 2.76. The van der Waals surface area contributed by atoms with Crippen LogP contribution in [-0.2, 0) is 0 Å². The van der Waals surface area contributed by atoms with E-state index in [-0.39, 0.29) is 0 Å². The number of phenols is 1. The van der Waals surface area contributed by atoms with Gasteiger partial charge in [0.15, 0.2) is 0 Å². The average molecular weight is 190 g/mol. The predicted molar refractivity (Wildman–Crippen MR) is 58.5 cm³/mol. The molecule has 76 valence electrons. The highest BCUT2D eigenvalue weighted by molar-refractivity contribution is 5.28. The molecule has 1 aliphatic carbocycles. The first-order valence-electron chi connectivity index (χ1n) is 5.56. The predicted octanol–water partition coefficient (Wildman–Crippen LogP) is 3.69. The fourth-order valence-corrected chi connectivity index (χ4v) is 2.51. The van der Waals surface area contributed by atoms with E-state index in [1.54, 1.807) is 12.1 Å². The highest BCUT2D eigenvalue weighted by atomic mass is 16.3. The number of hydrogen-bond acceptors (Lipinski definition) is 1. The number of rotatable bonds is 2. The maximum absolute atomic E-state index is 9.20. The number of aromatic hydroxyl groups is 1. The Morgan fingerprint density at radius 3 is 2.29 bits per heavy atom. The van der Waals surface area contributed by atoms with Gasteiger partial charge in [0, 0.05) is 0 Å². The third-order valence-electron chi connectivity index (χ3n) is 3.53. The summed E-state index contributed by atoms with van der Waals surface area (Å²) in [6, 6.07) is 7.69. The molecule has 14 heavy (non-hydrogen) atoms. The van der Waals surface area contributed by atoms with Crippen molar-refractivity contribution in [3.8, 4) is 5.75 Å². The zero-order chi connectivity index (χ0) is 9.97. The summed E-state index contributed by atoms with van der Waals surface area (Å²) < 4.78 is 0. The van der Waals surface area contributed by atoms with E-state index in [0.717, 1.165) is 5.92 Å². The molecule has 0 spiro atoms. The SMILES string of the molecule is CC(c1ccc(O)cc1)C1CCCC1. The van der Waals surface area contributed by atoms with Crippen molar-refractivity contribution in [2.24, 2.45) is 5.92 Å². The van der Waals surface area contributed by atoms with E-state index >= 15 is 0 Å². The molecule has 0 heterocycles. The normalized spacial score (nSPS) is 19.8. The maximum Gasteiger partial charge on any atom is 0.115 e. The van der Waals surface area contributed by atoms with Crippen molar-refractivity contribution in [1.29, 1.82) is 0 Å². The molecule has 1 unspecified atom stereocenters. The smallest absolute Gasteiger partial charge is 0.115 e. The molecule has 0 bridgehead atoms. The molecular formula is C13H18O. The Bertz CT molecular complexity index is 283. The molecule has 1 fully saturated rings. The lowest BCUT2D eigenvalue weighted by Crippen LogP contribution is -2.05. The first kappa shape index (κ1) is 9.57. The third kappa shape index (κ3) is 1.92. The molecule has 0 saturated heterocycles. The highest BCUT2D eigenvalue weighted by Gasteiger charge is 2.22. The second-order valence-corrected chi connectivity index (χ2v) is 4.42. The van der Waals surface area contributed by atoms with Crippen LogP contribution in [0.5, 0.6) is 5.75 Å². The number of benzene rings is 1. The van der Waals surface area contributed by atoms with Crippen molar-refractivity contribution in [2.75, 3.05) is 0 Å². The minimum Gasteiger partial charge on any atom is -0.508 e. The van der Waals surface area contributed by atoms with Crippen LogP contribution in [0.3, 0.4) is 0 Å². The molecule has 0 aromatic heterocycles. The van der Waals surface area contributed by atoms with Crippen LogP contribution in [0.4, 0.5) is 0 Å². The van der Waals surface area contributed by atoms with Gasteiger partial charge in [0.05, 0.1) is 0 Å². The Labute approximate surface area is 85.8 Å². The van der Waals surface area contributed by atoms with Crippen LogP contribution in [0.2, 0.25) is 0 Å². The van der Waals surface area contributed by atoms with Gasteiger partial charge in [0.2, 0.25) is 0 Å². The summed E-state index contributed by atoms with van der Waals surface area (Å²) in [4.78, 5) is 0. The summed E-state index contributed by atoms with van der Waals surface area (Å²) in [7, 11) is 0. The zero-order valence-corrected chi connectivity index (χ0v) is 8.74. The van der Waals surface area contributed by atoms with Crippen molar-refractivity contribution in [3.63, 3.8) is 0 Å². The average Bonchev–Trinajstić information content (AvgIpc) is 2.71. The second kappa shape index (κ2) is 4.04. The van der Waals surface area contributed by atoms with Crippen LogP contribution in [0, 0.1) is 5.92 Å². The number of hydrogen-bond donors (Lipinski definition) is 1. The fourth-order valence-electron chi connectivity index (χ4n) is 2.51. The number of phenolic OH excluding ortho intramolecular Hbond substituents is 1. The van der Waals surface area contributed by atoms with Gasteiger partial charge in [-0.05, 0) is 42.4 Å². The van der Waals surface area contributed by atoms with Crippen LogP contribution in [-0.4, -0.2) is 5.11 Å². The lowest BCUT2D eigenvalue weighted by molar-refractivity contribution is 0.457. The standard InChI is InChI=1S/C13H18O/c1-10(11-4-2-3-5-11)12-6-8-13(14)9-7-12/h6-11,14H,2-5H2,1H3. The molecule has 1 aliphatic rings. The lowest BCUT2D eigenvalue weighted by atomic mass is 9.86. The topological polar surface area (TPSA) is 20.2 Å². The Balaban J connectivity index is 2.09. The molecule has 1 N–H and O–H groups in total. The van der Waals surface area contributed by atoms with Gasteiger partial charge in [-0.1, -0.05) is 31.9 Å². The minimum atomic E-state index is 0.368. The van der Waals surface area contributed by atoms with E-state index < -0.39 is 0 Å². The van der Waals surface area contributed by atoms with E-state index in [1.165, 1.54) is 31.2 Å². The molecule has 1 aromatic rings. The van der Waals surface area contributed by atoms with Crippen molar-refractivity contribution < 1.29 is 5.11 Å². The summed E-state index contributed by atoms with van der Waals surface area (Å²) in [5.41, 5.74) is 1.37. The molecule has 0 radical (unpaired) electrons. The summed E-state index contributed by atoms with van der Waals surface area (Å²) in [5.74, 6) is 1.88. The second-order valence-electron chi connectivity index (χ2n) is 4.42. The molecule has 1 saturated carbocycles. The van der Waals surface area contributed by atoms with Crippen molar-refractivity contribution >= 4 is 0 Å². The summed E-state index contributed by atoms with van der Waals surface area (Å²) >= 11 is 0. The Morgan fingerprint density at radius 2 is 1.71 bits per heavy atom. The Morgan fingerprint density at radius 1 is 1.14 bits per heavy atom. The summed E-state index contributed by atoms with van der Waals surface area (Å²) in [5, 5.41) is 9.20. The highest BCUT2D eigenvalue weighted by Crippen LogP contribution is 2.37. The van der Waals surface area contributed by atoms with Gasteiger partial charge >= 0.3 is 0 Å². The molecule has 1 heteroatoms. The van der Waals surface area contributed by atoms with Gasteiger partial charge in [-0.25, -0.2) is 0 Å². The lowest BCUT2D eigenvalue weighted by Gasteiger charge is -2.19. The van der Waals surface area contributed by atoms with Gasteiger partial charge in [0.1, 0.15) is 5.75 Å². The quantitative estimate of drug-likeness (QED) is 0.754. The monoisotopic (exact) mass is 190 g/mol. The largest absolute Gasteiger partial charge is 0.508 e. The Hall–Kier alpha value is -0.980. The first-order chi connectivity index (χ1) is 6.77. The van der Waals surface area contributed by atoms with E-state index in [4.69, 9.17) is 0 Å².